The Morgan fingerprint density at radius 3 is 2.45 bits per heavy atom. The van der Waals surface area contributed by atoms with E-state index in [0.717, 1.165) is 0 Å². The van der Waals surface area contributed by atoms with Crippen LogP contribution in [0.4, 0.5) is 15.3 Å². The highest BCUT2D eigenvalue weighted by molar-refractivity contribution is 6.05. The first-order valence-corrected chi connectivity index (χ1v) is 15.2. The van der Waals surface area contributed by atoms with Crippen LogP contribution in [-0.2, 0) is 19.1 Å². The Kier molecular flexibility index (Phi) is 11.1. The summed E-state index contributed by atoms with van der Waals surface area (Å²) in [6.07, 6.45) is -1.18. The second kappa shape index (κ2) is 14.2. The van der Waals surface area contributed by atoms with Crippen LogP contribution in [0.25, 0.3) is 0 Å². The van der Waals surface area contributed by atoms with Crippen LogP contribution in [0.2, 0.25) is 0 Å². The van der Waals surface area contributed by atoms with E-state index in [2.05, 4.69) is 5.32 Å². The molecule has 0 bridgehead atoms. The van der Waals surface area contributed by atoms with Gasteiger partial charge in [-0.2, -0.15) is 0 Å². The minimum Gasteiger partial charge on any atom is -0.476 e. The number of aryl methyl sites for hydroxylation is 1. The third-order valence-electron chi connectivity index (χ3n) is 7.77. The number of fused-ring (bicyclic) bond motifs is 1. The molecule has 4 amide bonds. The van der Waals surface area contributed by atoms with E-state index in [9.17, 15) is 29.1 Å². The molecule has 2 heterocycles. The molecule has 0 spiro atoms. The van der Waals surface area contributed by atoms with Gasteiger partial charge in [0.1, 0.15) is 12.4 Å². The summed E-state index contributed by atoms with van der Waals surface area (Å²) in [5, 5.41) is 12.8. The minimum absolute atomic E-state index is 0.142. The molecule has 1 fully saturated rings. The number of nitrogens with one attached hydrogen (secondary N) is 1. The van der Waals surface area contributed by atoms with Gasteiger partial charge in [-0.1, -0.05) is 6.92 Å². The zero-order valence-corrected chi connectivity index (χ0v) is 27.0. The van der Waals surface area contributed by atoms with Crippen LogP contribution in [0.15, 0.2) is 12.1 Å². The molecule has 1 saturated heterocycles. The lowest BCUT2D eigenvalue weighted by molar-refractivity contribution is -0.132. The van der Waals surface area contributed by atoms with Gasteiger partial charge in [0.15, 0.2) is 5.60 Å². The first-order chi connectivity index (χ1) is 20.6. The summed E-state index contributed by atoms with van der Waals surface area (Å²) in [6.45, 7) is 14.2. The Morgan fingerprint density at radius 1 is 1.18 bits per heavy atom. The van der Waals surface area contributed by atoms with Crippen molar-refractivity contribution < 1.29 is 43.3 Å². The fraction of sp³-hybridized carbons (Fsp3) is 0.645. The summed E-state index contributed by atoms with van der Waals surface area (Å²) in [6, 6.07) is 1.57. The highest BCUT2D eigenvalue weighted by Crippen LogP contribution is 2.40. The number of rotatable bonds is 10. The number of benzene rings is 1. The molecule has 0 aromatic heterocycles. The van der Waals surface area contributed by atoms with E-state index >= 15 is 0 Å². The Bertz CT molecular complexity index is 1260. The first kappa shape index (κ1) is 34.5. The summed E-state index contributed by atoms with van der Waals surface area (Å²) >= 11 is 0. The lowest BCUT2D eigenvalue weighted by Gasteiger charge is -2.46. The van der Waals surface area contributed by atoms with Gasteiger partial charge >= 0.3 is 12.2 Å². The molecule has 13 heteroatoms. The summed E-state index contributed by atoms with van der Waals surface area (Å²) in [7, 11) is 0. The number of anilines is 1. The van der Waals surface area contributed by atoms with Crippen LogP contribution in [-0.4, -0.2) is 101 Å². The predicted molar refractivity (Wildman–Crippen MR) is 162 cm³/mol. The Hall–Kier alpha value is -4.03. The molecule has 1 aromatic rings. The van der Waals surface area contributed by atoms with E-state index in [1.807, 2.05) is 13.8 Å². The summed E-state index contributed by atoms with van der Waals surface area (Å²) in [4.78, 5) is 68.4. The summed E-state index contributed by atoms with van der Waals surface area (Å²) < 4.78 is 16.5. The van der Waals surface area contributed by atoms with Crippen molar-refractivity contribution in [1.29, 1.82) is 0 Å². The number of carboxylic acid groups (broad SMARTS) is 1. The fourth-order valence-electron chi connectivity index (χ4n) is 5.69. The number of likely N-dealkylation sites (tertiary alicyclic amines) is 1. The van der Waals surface area contributed by atoms with Gasteiger partial charge in [-0.3, -0.25) is 19.3 Å². The van der Waals surface area contributed by atoms with Crippen LogP contribution in [0.3, 0.4) is 0 Å². The molecule has 2 aliphatic rings. The topological polar surface area (TPSA) is 155 Å². The van der Waals surface area contributed by atoms with Gasteiger partial charge in [0.2, 0.25) is 5.91 Å². The molecular weight excluding hydrogens is 572 g/mol. The van der Waals surface area contributed by atoms with Gasteiger partial charge in [0, 0.05) is 37.7 Å². The van der Waals surface area contributed by atoms with Crippen molar-refractivity contribution in [2.75, 3.05) is 31.1 Å². The molecule has 3 rings (SSSR count). The van der Waals surface area contributed by atoms with Gasteiger partial charge in [0.25, 0.3) is 11.8 Å². The Labute approximate surface area is 258 Å². The number of carbonyl (C=O) groups is 5. The molecule has 2 atom stereocenters. The van der Waals surface area contributed by atoms with Crippen LogP contribution in [0.1, 0.15) is 83.7 Å². The number of ether oxygens (including phenoxy) is 3. The molecule has 244 valence electrons. The Balaban J connectivity index is 2.00. The Morgan fingerprint density at radius 2 is 1.86 bits per heavy atom. The van der Waals surface area contributed by atoms with Crippen LogP contribution < -0.4 is 15.0 Å². The molecule has 0 radical (unpaired) electrons. The third kappa shape index (κ3) is 7.72. The van der Waals surface area contributed by atoms with Crippen LogP contribution in [0, 0.1) is 6.92 Å². The average Bonchev–Trinajstić information content (AvgIpc) is 2.93. The van der Waals surface area contributed by atoms with E-state index in [-0.39, 0.29) is 50.0 Å². The summed E-state index contributed by atoms with van der Waals surface area (Å²) in [5.41, 5.74) is 0.186. The second-order valence-corrected chi connectivity index (χ2v) is 12.2. The average molecular weight is 619 g/mol. The van der Waals surface area contributed by atoms with E-state index in [1.165, 1.54) is 9.80 Å². The van der Waals surface area contributed by atoms with E-state index in [0.29, 0.717) is 41.8 Å². The molecule has 1 aromatic carbocycles. The predicted octanol–water partition coefficient (Wildman–Crippen LogP) is 3.95. The number of nitrogens with zero attached hydrogens (tertiary/aromatic N) is 3. The van der Waals surface area contributed by atoms with E-state index < -0.39 is 36.0 Å². The molecule has 2 N–H and O–H groups in total. The molecule has 2 aliphatic heterocycles. The number of carbonyl (C=O) groups excluding carboxylic acids is 4. The normalized spacial score (nSPS) is 19.3. The van der Waals surface area contributed by atoms with Gasteiger partial charge in [-0.15, -0.1) is 0 Å². The van der Waals surface area contributed by atoms with E-state index in [4.69, 9.17) is 14.2 Å². The van der Waals surface area contributed by atoms with Crippen LogP contribution in [0.5, 0.6) is 5.75 Å². The molecule has 0 saturated carbocycles. The maximum Gasteiger partial charge on any atom is 0.508 e. The van der Waals surface area contributed by atoms with Crippen molar-refractivity contribution in [3.63, 3.8) is 0 Å². The van der Waals surface area contributed by atoms with Crippen molar-refractivity contribution in [2.45, 2.75) is 104 Å². The maximum absolute atomic E-state index is 14.4. The molecule has 13 nitrogen and oxygen atoms in total. The molecule has 0 aliphatic carbocycles. The fourth-order valence-corrected chi connectivity index (χ4v) is 5.69. The zero-order chi connectivity index (χ0) is 32.9. The molecule has 1 unspecified atom stereocenters. The lowest BCUT2D eigenvalue weighted by atomic mass is 9.92. The second-order valence-electron chi connectivity index (χ2n) is 12.2. The largest absolute Gasteiger partial charge is 0.508 e. The standard InChI is InChI=1S/C31H46N4O9/c1-9-26(36)32-12-14-33-23-16-21(20(6)15-25(23)44-31(7,8)28(33)38)27(37)35(18(2)3)22-11-10-13-34(29(39)40)24(22)17-42-30(41)43-19(4)5/h15-16,18-19,22,24H,9-14,17H2,1-8H3,(H,32,36)(H,39,40)/t22-,24?/m1/s1. The quantitative estimate of drug-likeness (QED) is 0.371. The molecule has 44 heavy (non-hydrogen) atoms. The van der Waals surface area contributed by atoms with Gasteiger partial charge in [0.05, 0.1) is 23.9 Å². The maximum atomic E-state index is 14.4. The number of piperidine rings is 1. The minimum atomic E-state index is -1.18. The highest BCUT2D eigenvalue weighted by atomic mass is 16.7. The third-order valence-corrected chi connectivity index (χ3v) is 7.77. The monoisotopic (exact) mass is 618 g/mol. The van der Waals surface area contributed by atoms with Gasteiger partial charge in [-0.05, 0) is 79.0 Å². The number of amides is 4. The smallest absolute Gasteiger partial charge is 0.476 e. The van der Waals surface area contributed by atoms with Crippen molar-refractivity contribution in [2.24, 2.45) is 0 Å². The molecular formula is C31H46N4O9. The SMILES string of the molecule is CCC(=O)NCCN1C(=O)C(C)(C)Oc2cc(C)c(C(=O)N(C(C)C)[C@@H]3CCCN(C(=O)O)C3COC(=O)OC(C)C)cc21. The number of hydrogen-bond donors (Lipinski definition) is 2. The highest BCUT2D eigenvalue weighted by Gasteiger charge is 2.44. The van der Waals surface area contributed by atoms with Gasteiger partial charge < -0.3 is 34.4 Å². The van der Waals surface area contributed by atoms with E-state index in [1.54, 1.807) is 58.6 Å². The van der Waals surface area contributed by atoms with Crippen molar-refractivity contribution in [3.05, 3.63) is 23.3 Å². The number of hydrogen-bond acceptors (Lipinski definition) is 8. The zero-order valence-electron chi connectivity index (χ0n) is 27.0. The van der Waals surface area contributed by atoms with Crippen LogP contribution >= 0.6 is 0 Å². The van der Waals surface area contributed by atoms with Crippen molar-refractivity contribution in [1.82, 2.24) is 15.1 Å². The lowest BCUT2D eigenvalue weighted by Crippen LogP contribution is -2.61. The van der Waals surface area contributed by atoms with Crippen molar-refractivity contribution >= 4 is 35.7 Å². The first-order valence-electron chi connectivity index (χ1n) is 15.2. The summed E-state index contributed by atoms with van der Waals surface area (Å²) in [5.74, 6) is -0.375. The van der Waals surface area contributed by atoms with Gasteiger partial charge in [-0.25, -0.2) is 9.59 Å². The van der Waals surface area contributed by atoms with Crippen molar-refractivity contribution in [3.8, 4) is 5.75 Å².